The lowest BCUT2D eigenvalue weighted by molar-refractivity contribution is -0.121. The molecule has 0 radical (unpaired) electrons. The molecule has 0 aromatic heterocycles. The summed E-state index contributed by atoms with van der Waals surface area (Å²) in [6.45, 7) is 7.10. The third-order valence-corrected chi connectivity index (χ3v) is 3.88. The molecule has 1 fully saturated rings. The minimum atomic E-state index is -0.0839. The summed E-state index contributed by atoms with van der Waals surface area (Å²) in [5.41, 5.74) is 8.30. The maximum atomic E-state index is 12.4. The number of benzene rings is 1. The second kappa shape index (κ2) is 6.27. The van der Waals surface area contributed by atoms with Gasteiger partial charge in [0.15, 0.2) is 0 Å². The first kappa shape index (κ1) is 14.9. The van der Waals surface area contributed by atoms with Gasteiger partial charge in [-0.3, -0.25) is 9.69 Å². The van der Waals surface area contributed by atoms with E-state index in [1.807, 2.05) is 32.0 Å². The molecule has 4 heteroatoms. The number of hydrogen-bond donors (Lipinski definition) is 2. The van der Waals surface area contributed by atoms with Gasteiger partial charge in [-0.2, -0.15) is 0 Å². The van der Waals surface area contributed by atoms with Crippen LogP contribution in [0.5, 0.6) is 0 Å². The molecule has 1 aromatic rings. The maximum absolute atomic E-state index is 12.4. The first-order valence-electron chi connectivity index (χ1n) is 7.45. The summed E-state index contributed by atoms with van der Waals surface area (Å²) in [6.07, 6.45) is 3.52. The molecule has 1 aliphatic rings. The Morgan fingerprint density at radius 3 is 2.75 bits per heavy atom. The molecule has 3 N–H and O–H groups in total. The number of carbonyl (C=O) groups is 1. The summed E-state index contributed by atoms with van der Waals surface area (Å²) in [4.78, 5) is 14.7. The molecule has 20 heavy (non-hydrogen) atoms. The predicted molar refractivity (Wildman–Crippen MR) is 83.7 cm³/mol. The Morgan fingerprint density at radius 1 is 1.50 bits per heavy atom. The highest BCUT2D eigenvalue weighted by Gasteiger charge is 2.34. The molecule has 1 saturated carbocycles. The molecule has 2 rings (SSSR count). The van der Waals surface area contributed by atoms with E-state index in [2.05, 4.69) is 17.1 Å². The van der Waals surface area contributed by atoms with Crippen LogP contribution in [0.15, 0.2) is 18.2 Å². The maximum Gasteiger partial charge on any atom is 0.241 e. The van der Waals surface area contributed by atoms with E-state index in [1.165, 1.54) is 12.8 Å². The van der Waals surface area contributed by atoms with Crippen molar-refractivity contribution in [1.82, 2.24) is 4.90 Å². The zero-order chi connectivity index (χ0) is 14.7. The van der Waals surface area contributed by atoms with Crippen molar-refractivity contribution in [2.45, 2.75) is 52.1 Å². The van der Waals surface area contributed by atoms with E-state index < -0.39 is 0 Å². The molecule has 1 amide bonds. The summed E-state index contributed by atoms with van der Waals surface area (Å²) in [6, 6.07) is 6.09. The van der Waals surface area contributed by atoms with Crippen LogP contribution in [-0.4, -0.2) is 29.4 Å². The van der Waals surface area contributed by atoms with Gasteiger partial charge in [0, 0.05) is 17.4 Å². The predicted octanol–water partition coefficient (Wildman–Crippen LogP) is 2.78. The van der Waals surface area contributed by atoms with Gasteiger partial charge in [-0.15, -0.1) is 0 Å². The van der Waals surface area contributed by atoms with Crippen molar-refractivity contribution in [2.75, 3.05) is 17.6 Å². The molecule has 1 aliphatic carbocycles. The lowest BCUT2D eigenvalue weighted by Crippen LogP contribution is -2.43. The molecule has 1 aromatic carbocycles. The summed E-state index contributed by atoms with van der Waals surface area (Å²) < 4.78 is 0. The normalized spacial score (nSPS) is 16.2. The van der Waals surface area contributed by atoms with E-state index in [9.17, 15) is 4.79 Å². The first-order chi connectivity index (χ1) is 9.52. The van der Waals surface area contributed by atoms with Crippen molar-refractivity contribution in [3.63, 3.8) is 0 Å². The third kappa shape index (κ3) is 3.51. The minimum Gasteiger partial charge on any atom is -0.399 e. The van der Waals surface area contributed by atoms with Crippen molar-refractivity contribution >= 4 is 17.3 Å². The monoisotopic (exact) mass is 275 g/mol. The SMILES string of the molecule is CCCN(C1CC1)C(C)C(=O)Nc1ccc(N)cc1C. The van der Waals surface area contributed by atoms with Gasteiger partial charge in [0.05, 0.1) is 6.04 Å². The van der Waals surface area contributed by atoms with Gasteiger partial charge in [-0.05, 0) is 63.4 Å². The topological polar surface area (TPSA) is 58.4 Å². The summed E-state index contributed by atoms with van der Waals surface area (Å²) >= 11 is 0. The lowest BCUT2D eigenvalue weighted by Gasteiger charge is -2.28. The van der Waals surface area contributed by atoms with Gasteiger partial charge in [-0.1, -0.05) is 6.92 Å². The first-order valence-corrected chi connectivity index (χ1v) is 7.45. The smallest absolute Gasteiger partial charge is 0.241 e. The highest BCUT2D eigenvalue weighted by Crippen LogP contribution is 2.29. The molecular weight excluding hydrogens is 250 g/mol. The average molecular weight is 275 g/mol. The van der Waals surface area contributed by atoms with Gasteiger partial charge in [0.1, 0.15) is 0 Å². The molecule has 0 spiro atoms. The van der Waals surface area contributed by atoms with Crippen molar-refractivity contribution < 1.29 is 4.79 Å². The number of nitrogens with two attached hydrogens (primary N) is 1. The highest BCUT2D eigenvalue weighted by molar-refractivity contribution is 5.95. The zero-order valence-corrected chi connectivity index (χ0v) is 12.6. The van der Waals surface area contributed by atoms with Crippen LogP contribution in [0.3, 0.4) is 0 Å². The average Bonchev–Trinajstić information content (AvgIpc) is 3.22. The van der Waals surface area contributed by atoms with E-state index in [-0.39, 0.29) is 11.9 Å². The van der Waals surface area contributed by atoms with Gasteiger partial charge in [0.25, 0.3) is 0 Å². The van der Waals surface area contributed by atoms with E-state index in [4.69, 9.17) is 5.73 Å². The molecule has 0 aliphatic heterocycles. The Labute approximate surface area is 121 Å². The van der Waals surface area contributed by atoms with Gasteiger partial charge < -0.3 is 11.1 Å². The number of nitrogens with one attached hydrogen (secondary N) is 1. The highest BCUT2D eigenvalue weighted by atomic mass is 16.2. The zero-order valence-electron chi connectivity index (χ0n) is 12.6. The van der Waals surface area contributed by atoms with Crippen LogP contribution in [0, 0.1) is 6.92 Å². The van der Waals surface area contributed by atoms with Crippen molar-refractivity contribution in [3.8, 4) is 0 Å². The Balaban J connectivity index is 2.02. The molecule has 4 nitrogen and oxygen atoms in total. The molecular formula is C16H25N3O. The lowest BCUT2D eigenvalue weighted by atomic mass is 10.1. The van der Waals surface area contributed by atoms with Crippen molar-refractivity contribution in [1.29, 1.82) is 0 Å². The number of anilines is 2. The van der Waals surface area contributed by atoms with Gasteiger partial charge in [-0.25, -0.2) is 0 Å². The van der Waals surface area contributed by atoms with E-state index in [1.54, 1.807) is 0 Å². The standard InChI is InChI=1S/C16H25N3O/c1-4-9-19(14-6-7-14)12(3)16(20)18-15-8-5-13(17)10-11(15)2/h5,8,10,12,14H,4,6-7,9,17H2,1-3H3,(H,18,20). The molecule has 1 atom stereocenters. The second-order valence-electron chi connectivity index (χ2n) is 5.71. The number of amides is 1. The Bertz CT molecular complexity index is 483. The molecule has 0 bridgehead atoms. The van der Waals surface area contributed by atoms with Crippen LogP contribution in [0.4, 0.5) is 11.4 Å². The Hall–Kier alpha value is -1.55. The Morgan fingerprint density at radius 2 is 2.20 bits per heavy atom. The number of aryl methyl sites for hydroxylation is 1. The molecule has 0 heterocycles. The fourth-order valence-electron chi connectivity index (χ4n) is 2.57. The van der Waals surface area contributed by atoms with Crippen LogP contribution in [0.2, 0.25) is 0 Å². The number of carbonyl (C=O) groups excluding carboxylic acids is 1. The van der Waals surface area contributed by atoms with Crippen LogP contribution in [-0.2, 0) is 4.79 Å². The second-order valence-corrected chi connectivity index (χ2v) is 5.71. The minimum absolute atomic E-state index is 0.0678. The van der Waals surface area contributed by atoms with Crippen molar-refractivity contribution in [3.05, 3.63) is 23.8 Å². The number of rotatable bonds is 6. The van der Waals surface area contributed by atoms with Crippen molar-refractivity contribution in [2.24, 2.45) is 0 Å². The van der Waals surface area contributed by atoms with Crippen LogP contribution >= 0.6 is 0 Å². The molecule has 110 valence electrons. The summed E-state index contributed by atoms with van der Waals surface area (Å²) in [5.74, 6) is 0.0678. The summed E-state index contributed by atoms with van der Waals surface area (Å²) in [7, 11) is 0. The summed E-state index contributed by atoms with van der Waals surface area (Å²) in [5, 5.41) is 3.02. The number of hydrogen-bond acceptors (Lipinski definition) is 3. The van der Waals surface area contributed by atoms with E-state index in [0.717, 1.165) is 29.9 Å². The van der Waals surface area contributed by atoms with Gasteiger partial charge >= 0.3 is 0 Å². The van der Waals surface area contributed by atoms with Crippen LogP contribution < -0.4 is 11.1 Å². The van der Waals surface area contributed by atoms with E-state index >= 15 is 0 Å². The fourth-order valence-corrected chi connectivity index (χ4v) is 2.57. The van der Waals surface area contributed by atoms with Crippen LogP contribution in [0.1, 0.15) is 38.7 Å². The third-order valence-electron chi connectivity index (χ3n) is 3.88. The quantitative estimate of drug-likeness (QED) is 0.785. The molecule has 0 saturated heterocycles. The largest absolute Gasteiger partial charge is 0.399 e. The molecule has 1 unspecified atom stereocenters. The van der Waals surface area contributed by atoms with Gasteiger partial charge in [0.2, 0.25) is 5.91 Å². The Kier molecular flexibility index (Phi) is 4.65. The number of nitrogen functional groups attached to an aromatic ring is 1. The van der Waals surface area contributed by atoms with Crippen LogP contribution in [0.25, 0.3) is 0 Å². The number of nitrogens with zero attached hydrogens (tertiary/aromatic N) is 1. The van der Waals surface area contributed by atoms with E-state index in [0.29, 0.717) is 6.04 Å². The fraction of sp³-hybridized carbons (Fsp3) is 0.562.